The third-order valence-electron chi connectivity index (χ3n) is 3.10. The van der Waals surface area contributed by atoms with Gasteiger partial charge in [0.05, 0.1) is 16.8 Å². The fraction of sp³-hybridized carbons (Fsp3) is 0.667. The quantitative estimate of drug-likeness (QED) is 0.838. The summed E-state index contributed by atoms with van der Waals surface area (Å²) in [6.07, 6.45) is 4.99. The molecule has 0 aliphatic rings. The van der Waals surface area contributed by atoms with E-state index in [0.29, 0.717) is 12.6 Å². The van der Waals surface area contributed by atoms with Gasteiger partial charge in [0, 0.05) is 12.6 Å². The lowest BCUT2D eigenvalue weighted by atomic mass is 10.1. The van der Waals surface area contributed by atoms with E-state index in [9.17, 15) is 0 Å². The largest absolute Gasteiger partial charge is 0.466 e. The Bertz CT molecular complexity index is 332. The zero-order valence-corrected chi connectivity index (χ0v) is 13.1. The lowest BCUT2D eigenvalue weighted by Crippen LogP contribution is -2.37. The number of nitrogens with two attached hydrogens (primary N) is 1. The van der Waals surface area contributed by atoms with Crippen molar-refractivity contribution in [1.82, 2.24) is 4.90 Å². The van der Waals surface area contributed by atoms with Crippen molar-refractivity contribution in [3.8, 4) is 0 Å². The highest BCUT2D eigenvalue weighted by Gasteiger charge is 2.24. The number of furan rings is 1. The molecule has 0 aromatic carbocycles. The fourth-order valence-electron chi connectivity index (χ4n) is 1.80. The first kappa shape index (κ1) is 15.1. The molecule has 1 aromatic heterocycles. The lowest BCUT2D eigenvalue weighted by molar-refractivity contribution is 0.164. The average molecular weight is 321 g/mol. The maximum Gasteiger partial charge on any atom is 0.136 e. The molecule has 0 amide bonds. The summed E-state index contributed by atoms with van der Waals surface area (Å²) < 4.78 is 6.52. The van der Waals surface area contributed by atoms with Gasteiger partial charge < -0.3 is 10.2 Å². The van der Waals surface area contributed by atoms with Gasteiger partial charge >= 0.3 is 0 Å². The van der Waals surface area contributed by atoms with Gasteiger partial charge in [-0.1, -0.05) is 0 Å². The first-order chi connectivity index (χ1) is 8.11. The molecule has 2 unspecified atom stereocenters. The topological polar surface area (TPSA) is 42.4 Å². The molecule has 0 aliphatic carbocycles. The van der Waals surface area contributed by atoms with Crippen LogP contribution in [0.2, 0.25) is 0 Å². The minimum absolute atomic E-state index is 0.135. The zero-order valence-electron chi connectivity index (χ0n) is 10.6. The molecular weight excluding hydrogens is 300 g/mol. The molecule has 0 saturated carbocycles. The molecule has 98 valence electrons. The molecule has 2 N–H and O–H groups in total. The number of rotatable bonds is 7. The summed E-state index contributed by atoms with van der Waals surface area (Å²) in [5.74, 6) is 2.09. The van der Waals surface area contributed by atoms with Crippen molar-refractivity contribution in [2.75, 3.05) is 25.6 Å². The van der Waals surface area contributed by atoms with Crippen LogP contribution in [0.4, 0.5) is 0 Å². The Morgan fingerprint density at radius 3 is 2.76 bits per heavy atom. The zero-order chi connectivity index (χ0) is 12.8. The Labute approximate surface area is 116 Å². The molecule has 3 nitrogen and oxygen atoms in total. The third kappa shape index (κ3) is 4.02. The molecule has 2 atom stereocenters. The Hall–Kier alpha value is 0.0300. The minimum atomic E-state index is 0.135. The van der Waals surface area contributed by atoms with Crippen molar-refractivity contribution in [1.29, 1.82) is 0 Å². The second kappa shape index (κ2) is 7.46. The third-order valence-corrected chi connectivity index (χ3v) is 4.40. The van der Waals surface area contributed by atoms with E-state index in [2.05, 4.69) is 41.1 Å². The van der Waals surface area contributed by atoms with Gasteiger partial charge in [-0.25, -0.2) is 0 Å². The second-order valence-electron chi connectivity index (χ2n) is 4.18. The summed E-state index contributed by atoms with van der Waals surface area (Å²) in [6.45, 7) is 2.79. The van der Waals surface area contributed by atoms with Gasteiger partial charge in [0.25, 0.3) is 0 Å². The van der Waals surface area contributed by atoms with Crippen molar-refractivity contribution >= 4 is 27.7 Å². The minimum Gasteiger partial charge on any atom is -0.466 e. The monoisotopic (exact) mass is 320 g/mol. The van der Waals surface area contributed by atoms with Crippen molar-refractivity contribution in [2.24, 2.45) is 5.73 Å². The van der Waals surface area contributed by atoms with Crippen molar-refractivity contribution < 1.29 is 4.42 Å². The summed E-state index contributed by atoms with van der Waals surface area (Å²) in [6, 6.07) is 2.54. The van der Waals surface area contributed by atoms with Crippen molar-refractivity contribution in [3.05, 3.63) is 22.6 Å². The number of halogens is 1. The number of nitrogens with zero attached hydrogens (tertiary/aromatic N) is 1. The van der Waals surface area contributed by atoms with Gasteiger partial charge in [0.2, 0.25) is 0 Å². The van der Waals surface area contributed by atoms with Crippen LogP contribution in [0.15, 0.2) is 21.2 Å². The summed E-state index contributed by atoms with van der Waals surface area (Å²) >= 11 is 5.37. The maximum atomic E-state index is 5.87. The molecule has 0 aliphatic heterocycles. The normalized spacial score (nSPS) is 15.2. The number of hydrogen-bond acceptors (Lipinski definition) is 4. The van der Waals surface area contributed by atoms with E-state index in [-0.39, 0.29) is 6.04 Å². The van der Waals surface area contributed by atoms with Gasteiger partial charge in [0.1, 0.15) is 5.76 Å². The van der Waals surface area contributed by atoms with Gasteiger partial charge in [0.15, 0.2) is 0 Å². The molecular formula is C12H21BrN2OS. The first-order valence-corrected chi connectivity index (χ1v) is 7.94. The van der Waals surface area contributed by atoms with E-state index in [0.717, 1.165) is 16.7 Å². The Morgan fingerprint density at radius 1 is 1.59 bits per heavy atom. The van der Waals surface area contributed by atoms with Crippen LogP contribution in [-0.4, -0.2) is 36.5 Å². The van der Waals surface area contributed by atoms with Crippen molar-refractivity contribution in [2.45, 2.75) is 25.4 Å². The molecule has 1 heterocycles. The van der Waals surface area contributed by atoms with Crippen LogP contribution in [0.25, 0.3) is 0 Å². The van der Waals surface area contributed by atoms with Crippen LogP contribution in [0, 0.1) is 0 Å². The van der Waals surface area contributed by atoms with Gasteiger partial charge in [-0.15, -0.1) is 0 Å². The molecule has 0 spiro atoms. The molecule has 0 bridgehead atoms. The smallest absolute Gasteiger partial charge is 0.136 e. The molecule has 5 heteroatoms. The summed E-state index contributed by atoms with van der Waals surface area (Å²) in [5, 5.41) is 0. The summed E-state index contributed by atoms with van der Waals surface area (Å²) in [7, 11) is 2.11. The SMILES string of the molecule is CSCCC(C)N(C)C(CN)c1occc1Br. The van der Waals surface area contributed by atoms with E-state index < -0.39 is 0 Å². The first-order valence-electron chi connectivity index (χ1n) is 5.75. The van der Waals surface area contributed by atoms with Gasteiger partial charge in [-0.05, 0) is 54.4 Å². The Morgan fingerprint density at radius 2 is 2.29 bits per heavy atom. The Balaban J connectivity index is 2.70. The molecule has 17 heavy (non-hydrogen) atoms. The van der Waals surface area contributed by atoms with E-state index in [1.165, 1.54) is 5.75 Å². The van der Waals surface area contributed by atoms with Crippen molar-refractivity contribution in [3.63, 3.8) is 0 Å². The van der Waals surface area contributed by atoms with Crippen LogP contribution in [0.1, 0.15) is 25.1 Å². The highest BCUT2D eigenvalue weighted by atomic mass is 79.9. The lowest BCUT2D eigenvalue weighted by Gasteiger charge is -2.31. The van der Waals surface area contributed by atoms with E-state index in [4.69, 9.17) is 10.2 Å². The number of hydrogen-bond donors (Lipinski definition) is 1. The number of thioether (sulfide) groups is 1. The highest BCUT2D eigenvalue weighted by Crippen LogP contribution is 2.29. The van der Waals surface area contributed by atoms with Crippen LogP contribution in [0.3, 0.4) is 0 Å². The van der Waals surface area contributed by atoms with E-state index in [1.54, 1.807) is 6.26 Å². The maximum absolute atomic E-state index is 5.87. The predicted molar refractivity (Wildman–Crippen MR) is 78.4 cm³/mol. The molecule has 1 rings (SSSR count). The van der Waals surface area contributed by atoms with E-state index >= 15 is 0 Å². The molecule has 0 fully saturated rings. The molecule has 0 saturated heterocycles. The average Bonchev–Trinajstić information content (AvgIpc) is 2.73. The van der Waals surface area contributed by atoms with E-state index in [1.807, 2.05) is 17.8 Å². The molecule has 1 aromatic rings. The van der Waals surface area contributed by atoms with Crippen LogP contribution in [0.5, 0.6) is 0 Å². The second-order valence-corrected chi connectivity index (χ2v) is 6.02. The van der Waals surface area contributed by atoms with Crippen LogP contribution in [-0.2, 0) is 0 Å². The predicted octanol–water partition coefficient (Wildman–Crippen LogP) is 3.12. The molecule has 0 radical (unpaired) electrons. The summed E-state index contributed by atoms with van der Waals surface area (Å²) in [4.78, 5) is 2.29. The standard InChI is InChI=1S/C12H21BrN2OS/c1-9(5-7-17-3)15(2)11(8-14)12-10(13)4-6-16-12/h4,6,9,11H,5,7-8,14H2,1-3H3. The van der Waals surface area contributed by atoms with Gasteiger partial charge in [-0.3, -0.25) is 4.90 Å². The summed E-state index contributed by atoms with van der Waals surface area (Å²) in [5.41, 5.74) is 5.87. The van der Waals surface area contributed by atoms with Gasteiger partial charge in [-0.2, -0.15) is 11.8 Å². The highest BCUT2D eigenvalue weighted by molar-refractivity contribution is 9.10. The van der Waals surface area contributed by atoms with Crippen LogP contribution < -0.4 is 5.73 Å². The fourth-order valence-corrected chi connectivity index (χ4v) is 2.84. The number of likely N-dealkylation sites (N-methyl/N-ethyl adjacent to an activating group) is 1. The Kier molecular flexibility index (Phi) is 6.62. The van der Waals surface area contributed by atoms with Crippen LogP contribution >= 0.6 is 27.7 Å².